The second kappa shape index (κ2) is 6.03. The number of carbonyl (C=O) groups excluding carboxylic acids is 1. The van der Waals surface area contributed by atoms with Crippen molar-refractivity contribution in [1.29, 1.82) is 5.26 Å². The van der Waals surface area contributed by atoms with E-state index in [1.165, 1.54) is 0 Å². The molecule has 0 aliphatic rings. The topological polar surface area (TPSA) is 52.9 Å². The van der Waals surface area contributed by atoms with Gasteiger partial charge < -0.3 is 5.32 Å². The van der Waals surface area contributed by atoms with Gasteiger partial charge in [-0.2, -0.15) is 5.26 Å². The fraction of sp³-hybridized carbons (Fsp3) is 0.0667. The molecule has 0 aromatic heterocycles. The number of rotatable bonds is 3. The molecule has 0 saturated heterocycles. The third kappa shape index (κ3) is 3.57. The Bertz CT molecular complexity index is 612. The Labute approximate surface area is 116 Å². The average Bonchev–Trinajstić information content (AvgIpc) is 2.42. The molecule has 2 rings (SSSR count). The van der Waals surface area contributed by atoms with Crippen LogP contribution < -0.4 is 5.32 Å². The monoisotopic (exact) mass is 270 g/mol. The van der Waals surface area contributed by atoms with Gasteiger partial charge in [0.15, 0.2) is 0 Å². The smallest absolute Gasteiger partial charge is 0.255 e. The Morgan fingerprint density at radius 1 is 1.11 bits per heavy atom. The van der Waals surface area contributed by atoms with E-state index in [1.807, 2.05) is 0 Å². The zero-order valence-corrected chi connectivity index (χ0v) is 10.8. The van der Waals surface area contributed by atoms with E-state index in [1.54, 1.807) is 48.5 Å². The second-order valence-corrected chi connectivity index (χ2v) is 4.43. The van der Waals surface area contributed by atoms with Crippen LogP contribution in [0.3, 0.4) is 0 Å². The Kier molecular flexibility index (Phi) is 4.17. The Hall–Kier alpha value is -2.31. The van der Waals surface area contributed by atoms with E-state index in [9.17, 15) is 4.79 Å². The summed E-state index contributed by atoms with van der Waals surface area (Å²) < 4.78 is 0. The number of carbonyl (C=O) groups is 1. The lowest BCUT2D eigenvalue weighted by molar-refractivity contribution is 0.102. The van der Waals surface area contributed by atoms with Crippen LogP contribution in [0.25, 0.3) is 0 Å². The molecule has 2 aromatic carbocycles. The lowest BCUT2D eigenvalue weighted by Gasteiger charge is -2.05. The van der Waals surface area contributed by atoms with Gasteiger partial charge in [-0.3, -0.25) is 4.79 Å². The van der Waals surface area contributed by atoms with Crippen molar-refractivity contribution in [2.75, 3.05) is 5.32 Å². The summed E-state index contributed by atoms with van der Waals surface area (Å²) in [7, 11) is 0. The van der Waals surface area contributed by atoms with Gasteiger partial charge in [0.2, 0.25) is 0 Å². The SMILES string of the molecule is N#CCc1ccc(C(=O)Nc2ccc(Cl)cc2)cc1. The Morgan fingerprint density at radius 3 is 2.32 bits per heavy atom. The predicted molar refractivity (Wildman–Crippen MR) is 75.2 cm³/mol. The summed E-state index contributed by atoms with van der Waals surface area (Å²) >= 11 is 5.77. The van der Waals surface area contributed by atoms with E-state index in [2.05, 4.69) is 11.4 Å². The number of anilines is 1. The highest BCUT2D eigenvalue weighted by molar-refractivity contribution is 6.30. The van der Waals surface area contributed by atoms with Crippen molar-refractivity contribution in [2.24, 2.45) is 0 Å². The summed E-state index contributed by atoms with van der Waals surface area (Å²) in [5.74, 6) is -0.189. The maximum Gasteiger partial charge on any atom is 0.255 e. The van der Waals surface area contributed by atoms with Crippen LogP contribution in [0.2, 0.25) is 5.02 Å². The summed E-state index contributed by atoms with van der Waals surface area (Å²) in [5, 5.41) is 12.0. The molecule has 19 heavy (non-hydrogen) atoms. The van der Waals surface area contributed by atoms with Gasteiger partial charge in [-0.15, -0.1) is 0 Å². The van der Waals surface area contributed by atoms with Crippen molar-refractivity contribution in [3.05, 3.63) is 64.7 Å². The van der Waals surface area contributed by atoms with Gasteiger partial charge in [0.05, 0.1) is 12.5 Å². The van der Waals surface area contributed by atoms with Gasteiger partial charge in [0, 0.05) is 16.3 Å². The number of hydrogen-bond donors (Lipinski definition) is 1. The third-order valence-electron chi connectivity index (χ3n) is 2.60. The van der Waals surface area contributed by atoms with Crippen LogP contribution in [-0.4, -0.2) is 5.91 Å². The number of benzene rings is 2. The summed E-state index contributed by atoms with van der Waals surface area (Å²) in [6, 6.07) is 15.9. The van der Waals surface area contributed by atoms with Gasteiger partial charge in [0.25, 0.3) is 5.91 Å². The van der Waals surface area contributed by atoms with Crippen LogP contribution in [0.5, 0.6) is 0 Å². The maximum atomic E-state index is 12.0. The molecule has 0 spiro atoms. The fourth-order valence-electron chi connectivity index (χ4n) is 1.60. The van der Waals surface area contributed by atoms with Gasteiger partial charge in [-0.05, 0) is 42.0 Å². The van der Waals surface area contributed by atoms with Crippen molar-refractivity contribution < 1.29 is 4.79 Å². The lowest BCUT2D eigenvalue weighted by atomic mass is 10.1. The highest BCUT2D eigenvalue weighted by Crippen LogP contribution is 2.14. The summed E-state index contributed by atoms with van der Waals surface area (Å²) in [5.41, 5.74) is 2.14. The van der Waals surface area contributed by atoms with Crippen LogP contribution in [-0.2, 0) is 6.42 Å². The molecule has 0 fully saturated rings. The number of halogens is 1. The molecule has 0 aliphatic carbocycles. The molecule has 0 bridgehead atoms. The minimum atomic E-state index is -0.189. The van der Waals surface area contributed by atoms with Crippen LogP contribution in [0.15, 0.2) is 48.5 Å². The molecule has 1 amide bonds. The average molecular weight is 271 g/mol. The largest absolute Gasteiger partial charge is 0.322 e. The first-order valence-corrected chi connectivity index (χ1v) is 6.09. The molecule has 0 unspecified atom stereocenters. The molecule has 0 aliphatic heterocycles. The third-order valence-corrected chi connectivity index (χ3v) is 2.85. The molecule has 3 nitrogen and oxygen atoms in total. The molecule has 0 heterocycles. The van der Waals surface area contributed by atoms with Crippen LogP contribution >= 0.6 is 11.6 Å². The number of hydrogen-bond acceptors (Lipinski definition) is 2. The zero-order valence-electron chi connectivity index (χ0n) is 10.1. The molecular weight excluding hydrogens is 260 g/mol. The van der Waals surface area contributed by atoms with Gasteiger partial charge >= 0.3 is 0 Å². The number of nitrogens with one attached hydrogen (secondary N) is 1. The molecule has 4 heteroatoms. The highest BCUT2D eigenvalue weighted by Gasteiger charge is 2.05. The Balaban J connectivity index is 2.07. The molecular formula is C15H11ClN2O. The van der Waals surface area contributed by atoms with E-state index >= 15 is 0 Å². The minimum Gasteiger partial charge on any atom is -0.322 e. The highest BCUT2D eigenvalue weighted by atomic mass is 35.5. The van der Waals surface area contributed by atoms with Crippen molar-refractivity contribution in [3.63, 3.8) is 0 Å². The first-order valence-electron chi connectivity index (χ1n) is 5.72. The van der Waals surface area contributed by atoms with E-state index < -0.39 is 0 Å². The summed E-state index contributed by atoms with van der Waals surface area (Å²) in [6.45, 7) is 0. The van der Waals surface area contributed by atoms with Gasteiger partial charge in [0.1, 0.15) is 0 Å². The molecule has 1 N–H and O–H groups in total. The van der Waals surface area contributed by atoms with Crippen LogP contribution in [0.1, 0.15) is 15.9 Å². The maximum absolute atomic E-state index is 12.0. The van der Waals surface area contributed by atoms with Crippen LogP contribution in [0, 0.1) is 11.3 Å². The second-order valence-electron chi connectivity index (χ2n) is 3.99. The summed E-state index contributed by atoms with van der Waals surface area (Å²) in [4.78, 5) is 12.0. The van der Waals surface area contributed by atoms with Crippen molar-refractivity contribution in [2.45, 2.75) is 6.42 Å². The quantitative estimate of drug-likeness (QED) is 0.925. The number of amides is 1. The lowest BCUT2D eigenvalue weighted by Crippen LogP contribution is -2.11. The van der Waals surface area contributed by atoms with Gasteiger partial charge in [-0.25, -0.2) is 0 Å². The molecule has 2 aromatic rings. The van der Waals surface area contributed by atoms with Crippen molar-refractivity contribution >= 4 is 23.2 Å². The Morgan fingerprint density at radius 2 is 1.74 bits per heavy atom. The van der Waals surface area contributed by atoms with E-state index in [0.29, 0.717) is 22.7 Å². The van der Waals surface area contributed by atoms with Crippen molar-refractivity contribution in [3.8, 4) is 6.07 Å². The molecule has 0 saturated carbocycles. The normalized spacial score (nSPS) is 9.68. The summed E-state index contributed by atoms with van der Waals surface area (Å²) in [6.07, 6.45) is 0.346. The predicted octanol–water partition coefficient (Wildman–Crippen LogP) is 3.66. The number of nitriles is 1. The minimum absolute atomic E-state index is 0.189. The van der Waals surface area contributed by atoms with Crippen LogP contribution in [0.4, 0.5) is 5.69 Å². The van der Waals surface area contributed by atoms with E-state index in [0.717, 1.165) is 5.56 Å². The zero-order chi connectivity index (χ0) is 13.7. The fourth-order valence-corrected chi connectivity index (χ4v) is 1.73. The number of nitrogens with zero attached hydrogens (tertiary/aromatic N) is 1. The molecule has 0 atom stereocenters. The molecule has 94 valence electrons. The first kappa shape index (κ1) is 13.1. The van der Waals surface area contributed by atoms with E-state index in [4.69, 9.17) is 16.9 Å². The standard InChI is InChI=1S/C15H11ClN2O/c16-13-5-7-14(8-6-13)18-15(19)12-3-1-11(2-4-12)9-10-17/h1-8H,9H2,(H,18,19). The van der Waals surface area contributed by atoms with Gasteiger partial charge in [-0.1, -0.05) is 23.7 Å². The van der Waals surface area contributed by atoms with E-state index in [-0.39, 0.29) is 5.91 Å². The first-order chi connectivity index (χ1) is 9.19. The van der Waals surface area contributed by atoms with Crippen molar-refractivity contribution in [1.82, 2.24) is 0 Å². The molecule has 0 radical (unpaired) electrons.